The monoisotopic (exact) mass is 543 g/mol. The van der Waals surface area contributed by atoms with Gasteiger partial charge < -0.3 is 19.7 Å². The number of hydrogen-bond donors (Lipinski definition) is 2. The Hall–Kier alpha value is -2.37. The lowest BCUT2D eigenvalue weighted by atomic mass is 9.97. The summed E-state index contributed by atoms with van der Waals surface area (Å²) in [5.41, 5.74) is -0.532. The Bertz CT molecular complexity index is 1250. The number of aromatic nitrogens is 4. The molecule has 0 saturated carbocycles. The van der Waals surface area contributed by atoms with Crippen LogP contribution in [-0.4, -0.2) is 67.7 Å². The number of rotatable bonds is 6. The highest BCUT2D eigenvalue weighted by Gasteiger charge is 2.47. The first kappa shape index (κ1) is 25.7. The number of aliphatic hydroxyl groups is 2. The van der Waals surface area contributed by atoms with Gasteiger partial charge in [-0.25, -0.2) is 18.4 Å². The topological polar surface area (TPSA) is 126 Å². The van der Waals surface area contributed by atoms with Crippen molar-refractivity contribution >= 4 is 35.0 Å². The molecule has 5 unspecified atom stereocenters. The number of pyridine rings is 1. The predicted molar refractivity (Wildman–Crippen MR) is 122 cm³/mol. The number of aliphatic hydroxyl groups excluding tert-OH is 2. The van der Waals surface area contributed by atoms with E-state index in [1.807, 2.05) is 6.07 Å². The first-order valence-electron chi connectivity index (χ1n) is 10.0. The van der Waals surface area contributed by atoms with Gasteiger partial charge in [0.05, 0.1) is 17.8 Å². The molecule has 35 heavy (non-hydrogen) atoms. The zero-order chi connectivity index (χ0) is 25.3. The molecular weight excluding hydrogens is 527 g/mol. The molecule has 2 aromatic heterocycles. The number of nitrogens with zero attached hydrogens (tertiary/aromatic N) is 5. The van der Waals surface area contributed by atoms with E-state index in [1.54, 1.807) is 6.07 Å². The highest BCUT2D eigenvalue weighted by Crippen LogP contribution is 2.40. The maximum atomic E-state index is 13.9. The van der Waals surface area contributed by atoms with Crippen LogP contribution in [0.4, 0.5) is 8.78 Å². The Kier molecular flexibility index (Phi) is 7.87. The van der Waals surface area contributed by atoms with Gasteiger partial charge in [0.15, 0.2) is 5.69 Å². The molecule has 184 valence electrons. The summed E-state index contributed by atoms with van der Waals surface area (Å²) in [6.07, 6.45) is -0.480. The van der Waals surface area contributed by atoms with Gasteiger partial charge in [0.2, 0.25) is 0 Å². The summed E-state index contributed by atoms with van der Waals surface area (Å²) in [5, 5.41) is 37.8. The fourth-order valence-electron chi connectivity index (χ4n) is 3.69. The van der Waals surface area contributed by atoms with Gasteiger partial charge in [-0.15, -0.1) is 5.10 Å². The number of nitriles is 1. The van der Waals surface area contributed by atoms with Crippen molar-refractivity contribution in [1.29, 1.82) is 5.26 Å². The molecule has 1 aliphatic rings. The molecule has 1 fully saturated rings. The molecule has 0 aliphatic carbocycles. The van der Waals surface area contributed by atoms with Crippen molar-refractivity contribution in [2.24, 2.45) is 0 Å². The van der Waals surface area contributed by atoms with E-state index in [2.05, 4.69) is 15.3 Å². The zero-order valence-electron chi connectivity index (χ0n) is 17.8. The predicted octanol–water partition coefficient (Wildman–Crippen LogP) is 3.22. The number of hydrogen-bond acceptors (Lipinski definition) is 9. The SMILES string of the molecule is COC1C(Sc2cc(Cl)cnc2C#N)OC(CO)C(O)C1n1cc(-c2cc(F)c(Cl)c(F)c2)nn1. The Balaban J connectivity index is 1.70. The summed E-state index contributed by atoms with van der Waals surface area (Å²) in [6.45, 7) is -0.529. The van der Waals surface area contributed by atoms with Crippen molar-refractivity contribution in [3.63, 3.8) is 0 Å². The molecule has 4 rings (SSSR count). The Morgan fingerprint density at radius 1 is 1.29 bits per heavy atom. The van der Waals surface area contributed by atoms with Gasteiger partial charge in [-0.3, -0.25) is 0 Å². The van der Waals surface area contributed by atoms with Crippen molar-refractivity contribution in [2.45, 2.75) is 34.7 Å². The fourth-order valence-corrected chi connectivity index (χ4v) is 5.28. The molecule has 3 aromatic rings. The minimum Gasteiger partial charge on any atom is -0.394 e. The third kappa shape index (κ3) is 5.12. The van der Waals surface area contributed by atoms with Crippen molar-refractivity contribution in [3.05, 3.63) is 58.0 Å². The maximum absolute atomic E-state index is 13.9. The normalized spacial score (nSPS) is 24.3. The number of halogens is 4. The van der Waals surface area contributed by atoms with Crippen LogP contribution in [0.1, 0.15) is 11.7 Å². The molecular formula is C21H17Cl2F2N5O4S. The summed E-state index contributed by atoms with van der Waals surface area (Å²) >= 11 is 12.7. The molecule has 0 amide bonds. The standard InChI is InChI=1S/C21H17Cl2F2N5O4S/c1-33-20-18(30-7-14(28-29-30)9-2-11(24)17(23)12(25)3-9)19(32)15(8-31)34-21(20)35-16-4-10(22)6-27-13(16)5-26/h2-4,6-7,15,18-21,31-32H,8H2,1H3. The first-order chi connectivity index (χ1) is 16.8. The average molecular weight is 544 g/mol. The zero-order valence-corrected chi connectivity index (χ0v) is 20.2. The molecule has 3 heterocycles. The lowest BCUT2D eigenvalue weighted by Gasteiger charge is -2.43. The second-order valence-corrected chi connectivity index (χ2v) is 9.43. The van der Waals surface area contributed by atoms with Crippen LogP contribution in [0.15, 0.2) is 35.5 Å². The summed E-state index contributed by atoms with van der Waals surface area (Å²) in [7, 11) is 1.39. The quantitative estimate of drug-likeness (QED) is 0.450. The Labute approximate surface area is 212 Å². The molecule has 0 radical (unpaired) electrons. The van der Waals surface area contributed by atoms with Crippen molar-refractivity contribution < 1.29 is 28.5 Å². The third-order valence-corrected chi connectivity index (χ3v) is 7.10. The van der Waals surface area contributed by atoms with E-state index in [0.29, 0.717) is 9.92 Å². The van der Waals surface area contributed by atoms with Gasteiger partial charge in [-0.05, 0) is 18.2 Å². The van der Waals surface area contributed by atoms with Gasteiger partial charge in [-0.2, -0.15) is 5.26 Å². The molecule has 1 aromatic carbocycles. The van der Waals surface area contributed by atoms with Crippen molar-refractivity contribution in [1.82, 2.24) is 20.0 Å². The highest BCUT2D eigenvalue weighted by molar-refractivity contribution is 7.99. The lowest BCUT2D eigenvalue weighted by molar-refractivity contribution is -0.186. The van der Waals surface area contributed by atoms with Gasteiger partial charge in [-0.1, -0.05) is 40.2 Å². The number of ether oxygens (including phenoxy) is 2. The fraction of sp³-hybridized carbons (Fsp3) is 0.333. The molecule has 0 bridgehead atoms. The van der Waals surface area contributed by atoms with Gasteiger partial charge in [0.25, 0.3) is 0 Å². The molecule has 9 nitrogen and oxygen atoms in total. The van der Waals surface area contributed by atoms with Crippen LogP contribution in [0.3, 0.4) is 0 Å². The van der Waals surface area contributed by atoms with Crippen LogP contribution in [0.2, 0.25) is 10.0 Å². The summed E-state index contributed by atoms with van der Waals surface area (Å²) in [5.74, 6) is -1.92. The minimum atomic E-state index is -1.29. The number of methoxy groups -OCH3 is 1. The lowest BCUT2D eigenvalue weighted by Crippen LogP contribution is -2.55. The van der Waals surface area contributed by atoms with E-state index < -0.39 is 53.1 Å². The summed E-state index contributed by atoms with van der Waals surface area (Å²) < 4.78 is 40.7. The van der Waals surface area contributed by atoms with E-state index in [-0.39, 0.29) is 17.0 Å². The molecule has 2 N–H and O–H groups in total. The first-order valence-corrected chi connectivity index (χ1v) is 11.7. The average Bonchev–Trinajstić information content (AvgIpc) is 3.32. The second kappa shape index (κ2) is 10.7. The van der Waals surface area contributed by atoms with E-state index in [1.165, 1.54) is 24.2 Å². The van der Waals surface area contributed by atoms with E-state index >= 15 is 0 Å². The molecule has 14 heteroatoms. The number of benzene rings is 1. The van der Waals surface area contributed by atoms with E-state index in [0.717, 1.165) is 23.9 Å². The smallest absolute Gasteiger partial charge is 0.154 e. The Morgan fingerprint density at radius 3 is 2.63 bits per heavy atom. The second-order valence-electron chi connectivity index (χ2n) is 7.47. The van der Waals surface area contributed by atoms with Gasteiger partial charge in [0.1, 0.15) is 58.2 Å². The van der Waals surface area contributed by atoms with Crippen LogP contribution in [-0.2, 0) is 9.47 Å². The number of thioether (sulfide) groups is 1. The minimum absolute atomic E-state index is 0.0828. The molecule has 0 spiro atoms. The highest BCUT2D eigenvalue weighted by atomic mass is 35.5. The Morgan fingerprint density at radius 2 is 2.00 bits per heavy atom. The van der Waals surface area contributed by atoms with Crippen LogP contribution < -0.4 is 0 Å². The summed E-state index contributed by atoms with van der Waals surface area (Å²) in [6, 6.07) is 4.61. The van der Waals surface area contributed by atoms with Crippen LogP contribution in [0.25, 0.3) is 11.3 Å². The van der Waals surface area contributed by atoms with Crippen LogP contribution in [0, 0.1) is 23.0 Å². The largest absolute Gasteiger partial charge is 0.394 e. The van der Waals surface area contributed by atoms with Gasteiger partial charge in [0, 0.05) is 23.8 Å². The molecule has 1 aliphatic heterocycles. The van der Waals surface area contributed by atoms with Crippen LogP contribution in [0.5, 0.6) is 0 Å². The van der Waals surface area contributed by atoms with Crippen molar-refractivity contribution in [3.8, 4) is 17.3 Å². The maximum Gasteiger partial charge on any atom is 0.154 e. The van der Waals surface area contributed by atoms with E-state index in [9.17, 15) is 24.3 Å². The van der Waals surface area contributed by atoms with E-state index in [4.69, 9.17) is 32.7 Å². The summed E-state index contributed by atoms with van der Waals surface area (Å²) in [4.78, 5) is 4.40. The third-order valence-electron chi connectivity index (χ3n) is 5.36. The molecule has 1 saturated heterocycles. The molecule has 5 atom stereocenters. The van der Waals surface area contributed by atoms with Crippen molar-refractivity contribution in [2.75, 3.05) is 13.7 Å². The van der Waals surface area contributed by atoms with Gasteiger partial charge >= 0.3 is 0 Å². The van der Waals surface area contributed by atoms with Crippen LogP contribution >= 0.6 is 35.0 Å².